The largest absolute Gasteiger partial charge is 0.360 e. The van der Waals surface area contributed by atoms with Crippen LogP contribution in [0.3, 0.4) is 0 Å². The van der Waals surface area contributed by atoms with Crippen molar-refractivity contribution in [3.63, 3.8) is 0 Å². The van der Waals surface area contributed by atoms with E-state index in [2.05, 4.69) is 4.98 Å². The lowest BCUT2D eigenvalue weighted by Crippen LogP contribution is -2.03. The Kier molecular flexibility index (Phi) is 3.07. The molecule has 2 nitrogen and oxygen atoms in total. The average Bonchev–Trinajstić information content (AvgIpc) is 2.80. The zero-order valence-corrected chi connectivity index (χ0v) is 11.5. The molecule has 1 N–H and O–H groups in total. The molecular formula is C16H11ClFNO. The molecule has 0 radical (unpaired) electrons. The van der Waals surface area contributed by atoms with Gasteiger partial charge in [-0.15, -0.1) is 0 Å². The van der Waals surface area contributed by atoms with E-state index in [1.807, 2.05) is 0 Å². The lowest BCUT2D eigenvalue weighted by atomic mass is 9.99. The molecule has 0 aliphatic rings. The molecular weight excluding hydrogens is 277 g/mol. The van der Waals surface area contributed by atoms with Gasteiger partial charge in [0.25, 0.3) is 0 Å². The number of benzene rings is 2. The number of aromatic amines is 1. The van der Waals surface area contributed by atoms with Crippen molar-refractivity contribution in [3.8, 4) is 0 Å². The summed E-state index contributed by atoms with van der Waals surface area (Å²) in [4.78, 5) is 15.6. The predicted molar refractivity (Wildman–Crippen MR) is 77.9 cm³/mol. The van der Waals surface area contributed by atoms with Gasteiger partial charge in [-0.2, -0.15) is 0 Å². The molecule has 3 aromatic rings. The quantitative estimate of drug-likeness (QED) is 0.692. The number of carbonyl (C=O) groups is 1. The molecule has 0 spiro atoms. The maximum atomic E-state index is 13.1. The maximum absolute atomic E-state index is 13.1. The SMILES string of the molecule is Cc1cc(F)ccc1C(=O)c1c[nH]c2cc(Cl)ccc12. The number of aromatic nitrogens is 1. The number of hydrogen-bond donors (Lipinski definition) is 1. The molecule has 0 saturated heterocycles. The van der Waals surface area contributed by atoms with Crippen LogP contribution in [0.15, 0.2) is 42.6 Å². The lowest BCUT2D eigenvalue weighted by molar-refractivity contribution is 0.103. The van der Waals surface area contributed by atoms with Gasteiger partial charge in [-0.3, -0.25) is 4.79 Å². The first kappa shape index (κ1) is 12.9. The second-order valence-corrected chi connectivity index (χ2v) is 5.12. The third-order valence-electron chi connectivity index (χ3n) is 3.32. The molecule has 20 heavy (non-hydrogen) atoms. The molecule has 1 heterocycles. The fourth-order valence-corrected chi connectivity index (χ4v) is 2.49. The Morgan fingerprint density at radius 2 is 1.95 bits per heavy atom. The topological polar surface area (TPSA) is 32.9 Å². The van der Waals surface area contributed by atoms with Gasteiger partial charge in [0.1, 0.15) is 5.82 Å². The summed E-state index contributed by atoms with van der Waals surface area (Å²) in [7, 11) is 0. The number of hydrogen-bond acceptors (Lipinski definition) is 1. The minimum atomic E-state index is -0.343. The maximum Gasteiger partial charge on any atom is 0.195 e. The van der Waals surface area contributed by atoms with Crippen LogP contribution in [0.5, 0.6) is 0 Å². The molecule has 3 rings (SSSR count). The molecule has 0 aliphatic carbocycles. The van der Waals surface area contributed by atoms with E-state index in [1.165, 1.54) is 18.2 Å². The van der Waals surface area contributed by atoms with Gasteiger partial charge in [0.15, 0.2) is 5.78 Å². The Morgan fingerprint density at radius 3 is 2.70 bits per heavy atom. The van der Waals surface area contributed by atoms with Crippen LogP contribution in [-0.4, -0.2) is 10.8 Å². The Morgan fingerprint density at radius 1 is 1.15 bits per heavy atom. The molecule has 4 heteroatoms. The van der Waals surface area contributed by atoms with Crippen molar-refractivity contribution in [2.75, 3.05) is 0 Å². The molecule has 0 bridgehead atoms. The van der Waals surface area contributed by atoms with Gasteiger partial charge in [-0.25, -0.2) is 4.39 Å². The third kappa shape index (κ3) is 2.10. The fourth-order valence-electron chi connectivity index (χ4n) is 2.31. The number of carbonyl (C=O) groups excluding carboxylic acids is 1. The number of fused-ring (bicyclic) bond motifs is 1. The molecule has 0 atom stereocenters. The Bertz CT molecular complexity index is 822. The van der Waals surface area contributed by atoms with Gasteiger partial charge in [-0.1, -0.05) is 17.7 Å². The highest BCUT2D eigenvalue weighted by Gasteiger charge is 2.16. The second kappa shape index (κ2) is 4.76. The molecule has 0 amide bonds. The zero-order valence-electron chi connectivity index (χ0n) is 10.7. The van der Waals surface area contributed by atoms with E-state index < -0.39 is 0 Å². The van der Waals surface area contributed by atoms with Crippen LogP contribution in [-0.2, 0) is 0 Å². The van der Waals surface area contributed by atoms with Crippen molar-refractivity contribution >= 4 is 28.3 Å². The first-order chi connectivity index (χ1) is 9.56. The van der Waals surface area contributed by atoms with E-state index in [1.54, 1.807) is 31.3 Å². The fraction of sp³-hybridized carbons (Fsp3) is 0.0625. The van der Waals surface area contributed by atoms with Crippen LogP contribution >= 0.6 is 11.6 Å². The summed E-state index contributed by atoms with van der Waals surface area (Å²) in [6.07, 6.45) is 1.66. The summed E-state index contributed by atoms with van der Waals surface area (Å²) in [5, 5.41) is 1.42. The molecule has 0 fully saturated rings. The first-order valence-corrected chi connectivity index (χ1v) is 6.51. The van der Waals surface area contributed by atoms with E-state index in [-0.39, 0.29) is 11.6 Å². The van der Waals surface area contributed by atoms with Crippen molar-refractivity contribution in [3.05, 3.63) is 70.1 Å². The summed E-state index contributed by atoms with van der Waals surface area (Å²) in [6, 6.07) is 9.49. The van der Waals surface area contributed by atoms with Crippen LogP contribution in [0.4, 0.5) is 4.39 Å². The Balaban J connectivity index is 2.13. The summed E-state index contributed by atoms with van der Waals surface area (Å²) in [6.45, 7) is 1.72. The number of halogens is 2. The van der Waals surface area contributed by atoms with Crippen LogP contribution in [0.2, 0.25) is 5.02 Å². The van der Waals surface area contributed by atoms with Crippen molar-refractivity contribution in [1.82, 2.24) is 4.98 Å². The minimum Gasteiger partial charge on any atom is -0.360 e. The van der Waals surface area contributed by atoms with E-state index in [4.69, 9.17) is 11.6 Å². The van der Waals surface area contributed by atoms with E-state index in [0.29, 0.717) is 21.7 Å². The van der Waals surface area contributed by atoms with Gasteiger partial charge in [0, 0.05) is 33.2 Å². The van der Waals surface area contributed by atoms with Crippen LogP contribution < -0.4 is 0 Å². The molecule has 1 aromatic heterocycles. The smallest absolute Gasteiger partial charge is 0.195 e. The number of ketones is 1. The highest BCUT2D eigenvalue weighted by molar-refractivity contribution is 6.31. The summed E-state index contributed by atoms with van der Waals surface area (Å²) in [5.74, 6) is -0.471. The molecule has 0 unspecified atom stereocenters. The molecule has 0 saturated carbocycles. The van der Waals surface area contributed by atoms with Crippen LogP contribution in [0.25, 0.3) is 10.9 Å². The molecule has 0 aliphatic heterocycles. The Labute approximate surface area is 120 Å². The van der Waals surface area contributed by atoms with Gasteiger partial charge >= 0.3 is 0 Å². The molecule has 100 valence electrons. The van der Waals surface area contributed by atoms with E-state index in [9.17, 15) is 9.18 Å². The summed E-state index contributed by atoms with van der Waals surface area (Å²) < 4.78 is 13.1. The zero-order chi connectivity index (χ0) is 14.3. The second-order valence-electron chi connectivity index (χ2n) is 4.68. The third-order valence-corrected chi connectivity index (χ3v) is 3.56. The van der Waals surface area contributed by atoms with Crippen molar-refractivity contribution in [1.29, 1.82) is 0 Å². The van der Waals surface area contributed by atoms with Crippen molar-refractivity contribution < 1.29 is 9.18 Å². The molecule has 2 aromatic carbocycles. The van der Waals surface area contributed by atoms with E-state index in [0.717, 1.165) is 10.9 Å². The van der Waals surface area contributed by atoms with Gasteiger partial charge in [0.2, 0.25) is 0 Å². The standard InChI is InChI=1S/C16H11ClFNO/c1-9-6-11(18)3-5-12(9)16(20)14-8-19-15-7-10(17)2-4-13(14)15/h2-8,19H,1H3. The predicted octanol–water partition coefficient (Wildman–Crippen LogP) is 4.50. The van der Waals surface area contributed by atoms with Gasteiger partial charge in [0.05, 0.1) is 0 Å². The van der Waals surface area contributed by atoms with Crippen molar-refractivity contribution in [2.45, 2.75) is 6.92 Å². The minimum absolute atomic E-state index is 0.129. The van der Waals surface area contributed by atoms with Gasteiger partial charge < -0.3 is 4.98 Å². The average molecular weight is 288 g/mol. The van der Waals surface area contributed by atoms with Crippen LogP contribution in [0.1, 0.15) is 21.5 Å². The summed E-state index contributed by atoms with van der Waals surface area (Å²) in [5.41, 5.74) is 2.49. The number of H-pyrrole nitrogens is 1. The number of nitrogens with one attached hydrogen (secondary N) is 1. The highest BCUT2D eigenvalue weighted by Crippen LogP contribution is 2.25. The number of aryl methyl sites for hydroxylation is 1. The Hall–Kier alpha value is -2.13. The number of rotatable bonds is 2. The lowest BCUT2D eigenvalue weighted by Gasteiger charge is -2.04. The monoisotopic (exact) mass is 287 g/mol. The van der Waals surface area contributed by atoms with Crippen LogP contribution in [0, 0.1) is 12.7 Å². The van der Waals surface area contributed by atoms with E-state index >= 15 is 0 Å². The summed E-state index contributed by atoms with van der Waals surface area (Å²) >= 11 is 5.92. The van der Waals surface area contributed by atoms with Gasteiger partial charge in [-0.05, 0) is 42.8 Å². The normalized spacial score (nSPS) is 10.9. The highest BCUT2D eigenvalue weighted by atomic mass is 35.5. The first-order valence-electron chi connectivity index (χ1n) is 6.14. The van der Waals surface area contributed by atoms with Crippen molar-refractivity contribution in [2.24, 2.45) is 0 Å².